The zero-order valence-corrected chi connectivity index (χ0v) is 13.3. The topological polar surface area (TPSA) is 20.3 Å². The molecular formula is C17H13F4NOS. The molecule has 2 aromatic carbocycles. The monoisotopic (exact) mass is 355 g/mol. The van der Waals surface area contributed by atoms with E-state index in [4.69, 9.17) is 0 Å². The number of nitrogens with zero attached hydrogens (tertiary/aromatic N) is 1. The number of halogens is 4. The number of thioether (sulfide) groups is 1. The fraction of sp³-hybridized carbons (Fsp3) is 0.235. The quantitative estimate of drug-likeness (QED) is 0.556. The molecule has 2 nitrogen and oxygen atoms in total. The van der Waals surface area contributed by atoms with Crippen molar-refractivity contribution in [3.8, 4) is 0 Å². The van der Waals surface area contributed by atoms with Crippen LogP contribution in [0.3, 0.4) is 0 Å². The van der Waals surface area contributed by atoms with Gasteiger partial charge in [-0.25, -0.2) is 4.39 Å². The van der Waals surface area contributed by atoms with Crippen LogP contribution >= 0.6 is 11.8 Å². The summed E-state index contributed by atoms with van der Waals surface area (Å²) >= 11 is -0.317. The Labute approximate surface area is 140 Å². The number of amides is 1. The molecule has 1 heterocycles. The molecule has 0 saturated carbocycles. The Balaban J connectivity index is 1.98. The number of fused-ring (bicyclic) bond motifs is 1. The molecule has 2 aromatic rings. The molecule has 0 unspecified atom stereocenters. The first-order valence-electron chi connectivity index (χ1n) is 7.30. The standard InChI is InChI=1S/C17H13F4NOS/c18-12-8-7-11-4-3-9-22(14(11)10-12)16(23)13-5-1-2-6-15(13)24-17(19,20)21/h1-2,5-8,10H,3-4,9H2. The van der Waals surface area contributed by atoms with Crippen LogP contribution in [0.15, 0.2) is 47.4 Å². The van der Waals surface area contributed by atoms with Crippen LogP contribution in [0.2, 0.25) is 0 Å². The number of carbonyl (C=O) groups is 1. The average Bonchev–Trinajstić information content (AvgIpc) is 2.52. The van der Waals surface area contributed by atoms with Gasteiger partial charge < -0.3 is 4.90 Å². The number of anilines is 1. The van der Waals surface area contributed by atoms with Crippen LogP contribution in [0.25, 0.3) is 0 Å². The highest BCUT2D eigenvalue weighted by Crippen LogP contribution is 2.39. The van der Waals surface area contributed by atoms with Gasteiger partial charge in [-0.3, -0.25) is 4.79 Å². The van der Waals surface area contributed by atoms with Crippen molar-refractivity contribution < 1.29 is 22.4 Å². The first kappa shape index (κ1) is 16.8. The third-order valence-electron chi connectivity index (χ3n) is 3.75. The number of aryl methyl sites for hydroxylation is 1. The Morgan fingerprint density at radius 1 is 1.12 bits per heavy atom. The van der Waals surface area contributed by atoms with Gasteiger partial charge in [0, 0.05) is 11.4 Å². The average molecular weight is 355 g/mol. The third kappa shape index (κ3) is 3.56. The van der Waals surface area contributed by atoms with Crippen molar-refractivity contribution in [3.63, 3.8) is 0 Å². The molecule has 24 heavy (non-hydrogen) atoms. The van der Waals surface area contributed by atoms with Gasteiger partial charge >= 0.3 is 5.51 Å². The van der Waals surface area contributed by atoms with Gasteiger partial charge in [-0.2, -0.15) is 13.2 Å². The van der Waals surface area contributed by atoms with Crippen molar-refractivity contribution in [1.29, 1.82) is 0 Å². The van der Waals surface area contributed by atoms with E-state index in [9.17, 15) is 22.4 Å². The molecule has 126 valence electrons. The molecule has 0 bridgehead atoms. The van der Waals surface area contributed by atoms with Crippen LogP contribution in [0.5, 0.6) is 0 Å². The summed E-state index contributed by atoms with van der Waals surface area (Å²) in [7, 11) is 0. The van der Waals surface area contributed by atoms with Crippen LogP contribution in [-0.4, -0.2) is 18.0 Å². The molecule has 0 aromatic heterocycles. The molecule has 0 saturated heterocycles. The molecule has 7 heteroatoms. The SMILES string of the molecule is O=C(c1ccccc1SC(F)(F)F)N1CCCc2ccc(F)cc21. The molecule has 0 radical (unpaired) electrons. The molecule has 0 fully saturated rings. The van der Waals surface area contributed by atoms with E-state index in [1.54, 1.807) is 6.07 Å². The van der Waals surface area contributed by atoms with E-state index in [2.05, 4.69) is 0 Å². The minimum absolute atomic E-state index is 0.0306. The molecule has 3 rings (SSSR count). The van der Waals surface area contributed by atoms with Crippen molar-refractivity contribution in [2.75, 3.05) is 11.4 Å². The van der Waals surface area contributed by atoms with Crippen molar-refractivity contribution in [2.45, 2.75) is 23.2 Å². The first-order valence-corrected chi connectivity index (χ1v) is 8.12. The molecule has 1 aliphatic rings. The third-order valence-corrected chi connectivity index (χ3v) is 4.56. The van der Waals surface area contributed by atoms with Gasteiger partial charge in [0.05, 0.1) is 11.3 Å². The maximum Gasteiger partial charge on any atom is 0.446 e. The fourth-order valence-corrected chi connectivity index (χ4v) is 3.42. The summed E-state index contributed by atoms with van der Waals surface area (Å²) in [6, 6.07) is 9.79. The van der Waals surface area contributed by atoms with Crippen LogP contribution < -0.4 is 4.90 Å². The number of rotatable bonds is 2. The zero-order chi connectivity index (χ0) is 17.3. The highest BCUT2D eigenvalue weighted by molar-refractivity contribution is 8.00. The molecule has 1 aliphatic heterocycles. The van der Waals surface area contributed by atoms with Crippen molar-refractivity contribution in [3.05, 3.63) is 59.4 Å². The number of alkyl halides is 3. The summed E-state index contributed by atoms with van der Waals surface area (Å²) in [6.45, 7) is 0.348. The van der Waals surface area contributed by atoms with E-state index in [-0.39, 0.29) is 22.2 Å². The Hall–Kier alpha value is -2.02. The molecule has 0 aliphatic carbocycles. The van der Waals surface area contributed by atoms with Crippen molar-refractivity contribution >= 4 is 23.4 Å². The lowest BCUT2D eigenvalue weighted by molar-refractivity contribution is -0.0328. The highest BCUT2D eigenvalue weighted by Gasteiger charge is 2.33. The normalized spacial score (nSPS) is 14.4. The summed E-state index contributed by atoms with van der Waals surface area (Å²) in [5, 5.41) is 0. The predicted octanol–water partition coefficient (Wildman–Crippen LogP) is 5.03. The van der Waals surface area contributed by atoms with Gasteiger partial charge in [-0.1, -0.05) is 18.2 Å². The minimum Gasteiger partial charge on any atom is -0.308 e. The van der Waals surface area contributed by atoms with Gasteiger partial charge in [-0.05, 0) is 54.4 Å². The Bertz CT molecular complexity index is 775. The summed E-state index contributed by atoms with van der Waals surface area (Å²) in [6.07, 6.45) is 1.39. The summed E-state index contributed by atoms with van der Waals surface area (Å²) in [5.41, 5.74) is -3.27. The second-order valence-electron chi connectivity index (χ2n) is 5.38. The maximum atomic E-state index is 13.5. The Morgan fingerprint density at radius 2 is 1.88 bits per heavy atom. The summed E-state index contributed by atoms with van der Waals surface area (Å²) in [4.78, 5) is 14.0. The lowest BCUT2D eigenvalue weighted by Crippen LogP contribution is -2.36. The van der Waals surface area contributed by atoms with Gasteiger partial charge in [0.25, 0.3) is 5.91 Å². The van der Waals surface area contributed by atoms with Crippen LogP contribution in [0.4, 0.5) is 23.2 Å². The predicted molar refractivity (Wildman–Crippen MR) is 84.8 cm³/mol. The summed E-state index contributed by atoms with van der Waals surface area (Å²) in [5.74, 6) is -1.03. The lowest BCUT2D eigenvalue weighted by atomic mass is 10.0. The largest absolute Gasteiger partial charge is 0.446 e. The number of benzene rings is 2. The van der Waals surface area contributed by atoms with Crippen LogP contribution in [-0.2, 0) is 6.42 Å². The van der Waals surface area contributed by atoms with Gasteiger partial charge in [0.2, 0.25) is 0 Å². The first-order chi connectivity index (χ1) is 11.3. The van der Waals surface area contributed by atoms with Crippen LogP contribution in [0, 0.1) is 5.82 Å². The van der Waals surface area contributed by atoms with Gasteiger partial charge in [0.15, 0.2) is 0 Å². The van der Waals surface area contributed by atoms with Gasteiger partial charge in [0.1, 0.15) is 5.82 Å². The van der Waals surface area contributed by atoms with E-state index in [0.29, 0.717) is 25.1 Å². The molecular weight excluding hydrogens is 342 g/mol. The maximum absolute atomic E-state index is 13.5. The Kier molecular flexibility index (Phi) is 4.54. The zero-order valence-electron chi connectivity index (χ0n) is 12.4. The van der Waals surface area contributed by atoms with Crippen LogP contribution in [0.1, 0.15) is 22.3 Å². The Morgan fingerprint density at radius 3 is 2.62 bits per heavy atom. The fourth-order valence-electron chi connectivity index (χ4n) is 2.76. The number of carbonyl (C=O) groups excluding carboxylic acids is 1. The minimum atomic E-state index is -4.48. The van der Waals surface area contributed by atoms with Crippen molar-refractivity contribution in [1.82, 2.24) is 0 Å². The highest BCUT2D eigenvalue weighted by atomic mass is 32.2. The molecule has 0 atom stereocenters. The van der Waals surface area contributed by atoms with E-state index < -0.39 is 17.2 Å². The number of hydrogen-bond donors (Lipinski definition) is 0. The van der Waals surface area contributed by atoms with Crippen molar-refractivity contribution in [2.24, 2.45) is 0 Å². The molecule has 1 amide bonds. The second kappa shape index (κ2) is 6.47. The van der Waals surface area contributed by atoms with E-state index in [1.807, 2.05) is 0 Å². The summed E-state index contributed by atoms with van der Waals surface area (Å²) < 4.78 is 51.7. The van der Waals surface area contributed by atoms with E-state index in [0.717, 1.165) is 5.56 Å². The molecule has 0 N–H and O–H groups in total. The number of hydrogen-bond acceptors (Lipinski definition) is 2. The van der Waals surface area contributed by atoms with Gasteiger partial charge in [-0.15, -0.1) is 0 Å². The second-order valence-corrected chi connectivity index (χ2v) is 6.48. The molecule has 0 spiro atoms. The van der Waals surface area contributed by atoms with E-state index in [1.165, 1.54) is 41.3 Å². The van der Waals surface area contributed by atoms with E-state index >= 15 is 0 Å². The lowest BCUT2D eigenvalue weighted by Gasteiger charge is -2.30. The smallest absolute Gasteiger partial charge is 0.308 e.